The van der Waals surface area contributed by atoms with Crippen molar-refractivity contribution in [1.29, 1.82) is 0 Å². The second-order valence-corrected chi connectivity index (χ2v) is 7.11. The third kappa shape index (κ3) is 3.88. The van der Waals surface area contributed by atoms with E-state index in [1.165, 1.54) is 30.6 Å². The predicted molar refractivity (Wildman–Crippen MR) is 109 cm³/mol. The first-order valence-corrected chi connectivity index (χ1v) is 9.61. The van der Waals surface area contributed by atoms with Crippen LogP contribution in [0.2, 0.25) is 0 Å². The molecular formula is C21H16FN3O3S. The summed E-state index contributed by atoms with van der Waals surface area (Å²) in [6.45, 7) is 0. The van der Waals surface area contributed by atoms with E-state index < -0.39 is 5.97 Å². The minimum atomic E-state index is -0.516. The fourth-order valence-electron chi connectivity index (χ4n) is 2.96. The van der Waals surface area contributed by atoms with E-state index in [0.717, 1.165) is 16.2 Å². The number of rotatable bonds is 5. The van der Waals surface area contributed by atoms with E-state index in [-0.39, 0.29) is 18.1 Å². The zero-order valence-electron chi connectivity index (χ0n) is 15.4. The average molecular weight is 409 g/mol. The lowest BCUT2D eigenvalue weighted by Crippen LogP contribution is -2.17. The molecule has 0 atom stereocenters. The van der Waals surface area contributed by atoms with Gasteiger partial charge in [-0.05, 0) is 36.4 Å². The maximum atomic E-state index is 13.1. The van der Waals surface area contributed by atoms with E-state index in [4.69, 9.17) is 4.74 Å². The molecule has 0 aliphatic heterocycles. The lowest BCUT2D eigenvalue weighted by Gasteiger charge is -2.09. The Morgan fingerprint density at radius 1 is 1.17 bits per heavy atom. The van der Waals surface area contributed by atoms with Crippen LogP contribution in [0, 0.1) is 5.82 Å². The number of anilines is 1. The molecule has 0 aliphatic rings. The molecule has 1 N–H and O–H groups in total. The highest BCUT2D eigenvalue weighted by Crippen LogP contribution is 2.24. The molecule has 29 heavy (non-hydrogen) atoms. The number of nitrogens with zero attached hydrogens (tertiary/aromatic N) is 2. The van der Waals surface area contributed by atoms with Crippen molar-refractivity contribution in [2.24, 2.45) is 0 Å². The molecule has 0 saturated carbocycles. The molecule has 6 nitrogen and oxygen atoms in total. The Morgan fingerprint density at radius 3 is 2.69 bits per heavy atom. The number of fused-ring (bicyclic) bond motifs is 1. The molecule has 0 aliphatic carbocycles. The molecule has 4 rings (SSSR count). The number of para-hydroxylation sites is 1. The number of benzene rings is 2. The standard InChI is InChI=1S/C21H16FN3O3S/c1-28-20(27)16-4-2-3-5-17(16)23-19(26)10-15-12-29-21-24-18(11-25(15)21)13-6-8-14(22)9-7-13/h2-9,11-12H,10H2,1H3,(H,23,26). The Bertz CT molecular complexity index is 1200. The van der Waals surface area contributed by atoms with Crippen LogP contribution in [-0.4, -0.2) is 28.4 Å². The number of thiazole rings is 1. The van der Waals surface area contributed by atoms with Gasteiger partial charge in [0.15, 0.2) is 4.96 Å². The van der Waals surface area contributed by atoms with Crippen LogP contribution >= 0.6 is 11.3 Å². The van der Waals surface area contributed by atoms with Crippen molar-refractivity contribution in [1.82, 2.24) is 9.38 Å². The van der Waals surface area contributed by atoms with Gasteiger partial charge in [-0.1, -0.05) is 12.1 Å². The van der Waals surface area contributed by atoms with E-state index in [9.17, 15) is 14.0 Å². The van der Waals surface area contributed by atoms with Crippen molar-refractivity contribution >= 4 is 33.9 Å². The second kappa shape index (κ2) is 7.84. The topological polar surface area (TPSA) is 72.7 Å². The maximum Gasteiger partial charge on any atom is 0.339 e. The van der Waals surface area contributed by atoms with Crippen LogP contribution in [0.15, 0.2) is 60.1 Å². The van der Waals surface area contributed by atoms with Crippen LogP contribution in [0.25, 0.3) is 16.2 Å². The summed E-state index contributed by atoms with van der Waals surface area (Å²) in [4.78, 5) is 29.7. The Balaban J connectivity index is 1.55. The molecule has 0 bridgehead atoms. The quantitative estimate of drug-likeness (QED) is 0.502. The number of methoxy groups -OCH3 is 1. The van der Waals surface area contributed by atoms with Gasteiger partial charge in [0.1, 0.15) is 5.82 Å². The molecule has 0 unspecified atom stereocenters. The van der Waals surface area contributed by atoms with Gasteiger partial charge in [0, 0.05) is 22.8 Å². The van der Waals surface area contributed by atoms with Crippen molar-refractivity contribution in [2.75, 3.05) is 12.4 Å². The molecule has 0 spiro atoms. The molecule has 2 heterocycles. The van der Waals surface area contributed by atoms with Gasteiger partial charge in [-0.3, -0.25) is 9.20 Å². The number of imidazole rings is 1. The van der Waals surface area contributed by atoms with E-state index >= 15 is 0 Å². The summed E-state index contributed by atoms with van der Waals surface area (Å²) in [5.74, 6) is -1.09. The number of nitrogens with one attached hydrogen (secondary N) is 1. The Kier molecular flexibility index (Phi) is 5.09. The van der Waals surface area contributed by atoms with Crippen molar-refractivity contribution in [3.05, 3.63) is 77.2 Å². The summed E-state index contributed by atoms with van der Waals surface area (Å²) < 4.78 is 19.7. The Labute approximate surface area is 169 Å². The molecule has 0 fully saturated rings. The van der Waals surface area contributed by atoms with Crippen LogP contribution in [0.3, 0.4) is 0 Å². The van der Waals surface area contributed by atoms with Gasteiger partial charge < -0.3 is 10.1 Å². The lowest BCUT2D eigenvalue weighted by molar-refractivity contribution is -0.115. The molecular weight excluding hydrogens is 393 g/mol. The van der Waals surface area contributed by atoms with Gasteiger partial charge in [0.05, 0.1) is 30.5 Å². The number of hydrogen-bond donors (Lipinski definition) is 1. The number of ether oxygens (including phenoxy) is 1. The zero-order chi connectivity index (χ0) is 20.4. The fraction of sp³-hybridized carbons (Fsp3) is 0.0952. The van der Waals surface area contributed by atoms with Crippen molar-refractivity contribution < 1.29 is 18.7 Å². The number of amides is 1. The number of aromatic nitrogens is 2. The SMILES string of the molecule is COC(=O)c1ccccc1NC(=O)Cc1csc2nc(-c3ccc(F)cc3)cn12. The first-order chi connectivity index (χ1) is 14.0. The van der Waals surface area contributed by atoms with Crippen LogP contribution in [0.5, 0.6) is 0 Å². The number of carbonyl (C=O) groups is 2. The van der Waals surface area contributed by atoms with Crippen LogP contribution in [0.1, 0.15) is 16.1 Å². The summed E-state index contributed by atoms with van der Waals surface area (Å²) in [5.41, 5.74) is 2.95. The lowest BCUT2D eigenvalue weighted by atomic mass is 10.1. The van der Waals surface area contributed by atoms with Gasteiger partial charge in [-0.15, -0.1) is 11.3 Å². The normalized spacial score (nSPS) is 10.8. The van der Waals surface area contributed by atoms with E-state index in [2.05, 4.69) is 10.3 Å². The summed E-state index contributed by atoms with van der Waals surface area (Å²) in [6.07, 6.45) is 1.93. The zero-order valence-corrected chi connectivity index (χ0v) is 16.2. The maximum absolute atomic E-state index is 13.1. The second-order valence-electron chi connectivity index (χ2n) is 6.27. The van der Waals surface area contributed by atoms with E-state index in [1.807, 2.05) is 16.0 Å². The minimum absolute atomic E-state index is 0.106. The Morgan fingerprint density at radius 2 is 1.93 bits per heavy atom. The highest BCUT2D eigenvalue weighted by atomic mass is 32.1. The summed E-state index contributed by atoms with van der Waals surface area (Å²) in [7, 11) is 1.29. The van der Waals surface area contributed by atoms with Crippen LogP contribution in [-0.2, 0) is 16.0 Å². The predicted octanol–water partition coefficient (Wildman–Crippen LogP) is 4.17. The summed E-state index contributed by atoms with van der Waals surface area (Å²) >= 11 is 1.42. The summed E-state index contributed by atoms with van der Waals surface area (Å²) in [6, 6.07) is 12.8. The molecule has 2 aromatic heterocycles. The molecule has 0 radical (unpaired) electrons. The van der Waals surface area contributed by atoms with Gasteiger partial charge in [0.25, 0.3) is 0 Å². The molecule has 8 heteroatoms. The average Bonchev–Trinajstić information content (AvgIpc) is 3.30. The van der Waals surface area contributed by atoms with Crippen molar-refractivity contribution in [3.63, 3.8) is 0 Å². The first kappa shape index (κ1) is 18.8. The third-order valence-electron chi connectivity index (χ3n) is 4.37. The monoisotopic (exact) mass is 409 g/mol. The van der Waals surface area contributed by atoms with E-state index in [0.29, 0.717) is 16.9 Å². The van der Waals surface area contributed by atoms with Gasteiger partial charge in [-0.2, -0.15) is 0 Å². The highest BCUT2D eigenvalue weighted by Gasteiger charge is 2.16. The fourth-order valence-corrected chi connectivity index (χ4v) is 3.83. The molecule has 0 saturated heterocycles. The molecule has 1 amide bonds. The van der Waals surface area contributed by atoms with Crippen LogP contribution in [0.4, 0.5) is 10.1 Å². The van der Waals surface area contributed by atoms with Crippen molar-refractivity contribution in [3.8, 4) is 11.3 Å². The van der Waals surface area contributed by atoms with Crippen molar-refractivity contribution in [2.45, 2.75) is 6.42 Å². The van der Waals surface area contributed by atoms with Gasteiger partial charge >= 0.3 is 5.97 Å². The smallest absolute Gasteiger partial charge is 0.339 e. The Hall–Kier alpha value is -3.52. The third-order valence-corrected chi connectivity index (χ3v) is 5.26. The van der Waals surface area contributed by atoms with Gasteiger partial charge in [-0.25, -0.2) is 14.2 Å². The molecule has 146 valence electrons. The number of hydrogen-bond acceptors (Lipinski definition) is 5. The number of carbonyl (C=O) groups excluding carboxylic acids is 2. The largest absolute Gasteiger partial charge is 0.465 e. The van der Waals surface area contributed by atoms with Gasteiger partial charge in [0.2, 0.25) is 5.91 Å². The minimum Gasteiger partial charge on any atom is -0.465 e. The highest BCUT2D eigenvalue weighted by molar-refractivity contribution is 7.15. The number of halogens is 1. The van der Waals surface area contributed by atoms with E-state index in [1.54, 1.807) is 36.4 Å². The molecule has 2 aromatic carbocycles. The number of esters is 1. The summed E-state index contributed by atoms with van der Waals surface area (Å²) in [5, 5.41) is 4.63. The first-order valence-electron chi connectivity index (χ1n) is 8.74. The van der Waals surface area contributed by atoms with Crippen LogP contribution < -0.4 is 5.32 Å². The molecule has 4 aromatic rings.